The minimum absolute atomic E-state index is 0.113. The quantitative estimate of drug-likeness (QED) is 0.832. The second-order valence-electron chi connectivity index (χ2n) is 4.32. The van der Waals surface area contributed by atoms with Gasteiger partial charge in [-0.25, -0.2) is 0 Å². The normalized spacial score (nSPS) is 11.5. The summed E-state index contributed by atoms with van der Waals surface area (Å²) in [5.41, 5.74) is 0.940. The number of thiophene rings is 1. The highest BCUT2D eigenvalue weighted by atomic mass is 32.1. The van der Waals surface area contributed by atoms with Crippen LogP contribution in [0.1, 0.15) is 39.7 Å². The van der Waals surface area contributed by atoms with Gasteiger partial charge >= 0.3 is 0 Å². The summed E-state index contributed by atoms with van der Waals surface area (Å²) in [7, 11) is 0. The van der Waals surface area contributed by atoms with Crippen molar-refractivity contribution in [2.75, 3.05) is 5.32 Å². The van der Waals surface area contributed by atoms with Crippen molar-refractivity contribution in [3.05, 3.63) is 17.0 Å². The molecule has 0 bridgehead atoms. The average molecular weight is 225 g/mol. The number of hydrogen-bond donors (Lipinski definition) is 1. The minimum Gasteiger partial charge on any atom is -0.317 e. The fourth-order valence-electron chi connectivity index (χ4n) is 1.16. The molecule has 1 N–H and O–H groups in total. The van der Waals surface area contributed by atoms with Gasteiger partial charge in [0.05, 0.1) is 5.00 Å². The van der Waals surface area contributed by atoms with E-state index in [1.54, 1.807) is 11.3 Å². The Labute approximate surface area is 95.7 Å². The van der Waals surface area contributed by atoms with Crippen LogP contribution in [0.3, 0.4) is 0 Å². The molecule has 0 aliphatic heterocycles. The number of anilines is 1. The lowest BCUT2D eigenvalue weighted by atomic mass is 9.89. The molecule has 15 heavy (non-hydrogen) atoms. The van der Waals surface area contributed by atoms with Crippen molar-refractivity contribution in [2.45, 2.75) is 40.5 Å². The van der Waals surface area contributed by atoms with Crippen LogP contribution in [-0.2, 0) is 11.2 Å². The van der Waals surface area contributed by atoms with Gasteiger partial charge in [-0.3, -0.25) is 4.79 Å². The first kappa shape index (κ1) is 12.2. The summed E-state index contributed by atoms with van der Waals surface area (Å²) in [6.07, 6.45) is 1.82. The molecule has 0 aliphatic carbocycles. The van der Waals surface area contributed by atoms with Gasteiger partial charge < -0.3 is 5.32 Å². The predicted molar refractivity (Wildman–Crippen MR) is 66.4 cm³/mol. The van der Waals surface area contributed by atoms with E-state index in [0.717, 1.165) is 17.8 Å². The Hall–Kier alpha value is -0.830. The van der Waals surface area contributed by atoms with Crippen molar-refractivity contribution in [3.8, 4) is 0 Å². The molecule has 0 saturated carbocycles. The van der Waals surface area contributed by atoms with E-state index in [1.807, 2.05) is 26.2 Å². The summed E-state index contributed by atoms with van der Waals surface area (Å²) >= 11 is 1.60. The molecular weight excluding hydrogens is 206 g/mol. The highest BCUT2D eigenvalue weighted by Crippen LogP contribution is 2.27. The van der Waals surface area contributed by atoms with E-state index in [9.17, 15) is 4.79 Å². The maximum atomic E-state index is 11.9. The molecule has 0 aromatic carbocycles. The highest BCUT2D eigenvalue weighted by molar-refractivity contribution is 7.14. The van der Waals surface area contributed by atoms with Gasteiger partial charge in [0.25, 0.3) is 0 Å². The lowest BCUT2D eigenvalue weighted by Gasteiger charge is -2.21. The molecule has 0 spiro atoms. The Balaban J connectivity index is 2.74. The Kier molecular flexibility index (Phi) is 3.91. The SMILES string of the molecule is CCc1ccsc1NC(=O)C(C)(C)CC. The summed E-state index contributed by atoms with van der Waals surface area (Å²) in [5, 5.41) is 6.04. The maximum Gasteiger partial charge on any atom is 0.230 e. The molecule has 1 amide bonds. The minimum atomic E-state index is -0.283. The van der Waals surface area contributed by atoms with Gasteiger partial charge in [-0.2, -0.15) is 0 Å². The third-order valence-electron chi connectivity index (χ3n) is 2.85. The van der Waals surface area contributed by atoms with E-state index in [-0.39, 0.29) is 11.3 Å². The van der Waals surface area contributed by atoms with Crippen LogP contribution in [0.4, 0.5) is 5.00 Å². The lowest BCUT2D eigenvalue weighted by Crippen LogP contribution is -2.29. The maximum absolute atomic E-state index is 11.9. The van der Waals surface area contributed by atoms with Gasteiger partial charge in [-0.1, -0.05) is 27.7 Å². The molecule has 0 saturated heterocycles. The van der Waals surface area contributed by atoms with Crippen molar-refractivity contribution in [1.82, 2.24) is 0 Å². The van der Waals surface area contributed by atoms with Crippen molar-refractivity contribution < 1.29 is 4.79 Å². The fraction of sp³-hybridized carbons (Fsp3) is 0.583. The number of rotatable bonds is 4. The predicted octanol–water partition coefficient (Wildman–Crippen LogP) is 3.69. The van der Waals surface area contributed by atoms with Gasteiger partial charge in [0.15, 0.2) is 0 Å². The number of aryl methyl sites for hydroxylation is 1. The zero-order valence-corrected chi connectivity index (χ0v) is 10.7. The van der Waals surface area contributed by atoms with Gasteiger partial charge in [0, 0.05) is 5.41 Å². The van der Waals surface area contributed by atoms with Crippen molar-refractivity contribution in [2.24, 2.45) is 5.41 Å². The summed E-state index contributed by atoms with van der Waals surface area (Å²) in [6, 6.07) is 2.07. The molecule has 1 aromatic heterocycles. The van der Waals surface area contributed by atoms with Crippen molar-refractivity contribution in [1.29, 1.82) is 0 Å². The Bertz CT molecular complexity index is 341. The van der Waals surface area contributed by atoms with Crippen LogP contribution in [0.5, 0.6) is 0 Å². The molecule has 0 radical (unpaired) electrons. The second-order valence-corrected chi connectivity index (χ2v) is 5.24. The van der Waals surface area contributed by atoms with Crippen LogP contribution in [0, 0.1) is 5.41 Å². The molecule has 1 aromatic rings. The Morgan fingerprint density at radius 2 is 2.13 bits per heavy atom. The fourth-order valence-corrected chi connectivity index (χ4v) is 2.04. The van der Waals surface area contributed by atoms with E-state index in [0.29, 0.717) is 0 Å². The monoisotopic (exact) mass is 225 g/mol. The topological polar surface area (TPSA) is 29.1 Å². The van der Waals surface area contributed by atoms with Crippen molar-refractivity contribution in [3.63, 3.8) is 0 Å². The molecule has 0 atom stereocenters. The number of hydrogen-bond acceptors (Lipinski definition) is 2. The molecule has 1 heterocycles. The first-order valence-electron chi connectivity index (χ1n) is 5.39. The summed E-state index contributed by atoms with van der Waals surface area (Å²) < 4.78 is 0. The smallest absolute Gasteiger partial charge is 0.230 e. The number of carbonyl (C=O) groups is 1. The zero-order valence-electron chi connectivity index (χ0n) is 9.89. The molecule has 0 fully saturated rings. The summed E-state index contributed by atoms with van der Waals surface area (Å²) in [5.74, 6) is 0.113. The summed E-state index contributed by atoms with van der Waals surface area (Å²) in [6.45, 7) is 8.08. The molecule has 2 nitrogen and oxygen atoms in total. The third kappa shape index (κ3) is 2.81. The Morgan fingerprint density at radius 3 is 2.67 bits per heavy atom. The first-order chi connectivity index (χ1) is 7.01. The van der Waals surface area contributed by atoms with E-state index in [2.05, 4.69) is 18.3 Å². The second kappa shape index (κ2) is 4.79. The first-order valence-corrected chi connectivity index (χ1v) is 6.27. The average Bonchev–Trinajstić information content (AvgIpc) is 2.65. The molecule has 1 rings (SSSR count). The van der Waals surface area contributed by atoms with Gasteiger partial charge in [0.2, 0.25) is 5.91 Å². The molecular formula is C12H19NOS. The highest BCUT2D eigenvalue weighted by Gasteiger charge is 2.25. The van der Waals surface area contributed by atoms with Crippen LogP contribution >= 0.6 is 11.3 Å². The van der Waals surface area contributed by atoms with Gasteiger partial charge in [-0.05, 0) is 29.9 Å². The van der Waals surface area contributed by atoms with Crippen molar-refractivity contribution >= 4 is 22.2 Å². The van der Waals surface area contributed by atoms with E-state index in [1.165, 1.54) is 5.56 Å². The van der Waals surface area contributed by atoms with E-state index >= 15 is 0 Å². The lowest BCUT2D eigenvalue weighted by molar-refractivity contribution is -0.124. The van der Waals surface area contributed by atoms with Gasteiger partial charge in [0.1, 0.15) is 0 Å². The van der Waals surface area contributed by atoms with Gasteiger partial charge in [-0.15, -0.1) is 11.3 Å². The summed E-state index contributed by atoms with van der Waals surface area (Å²) in [4.78, 5) is 11.9. The largest absolute Gasteiger partial charge is 0.317 e. The van der Waals surface area contributed by atoms with Crippen LogP contribution in [0.15, 0.2) is 11.4 Å². The molecule has 0 aliphatic rings. The van der Waals surface area contributed by atoms with Crippen LogP contribution in [-0.4, -0.2) is 5.91 Å². The molecule has 3 heteroatoms. The van der Waals surface area contributed by atoms with Crippen LogP contribution in [0.2, 0.25) is 0 Å². The Morgan fingerprint density at radius 1 is 1.47 bits per heavy atom. The number of amides is 1. The van der Waals surface area contributed by atoms with Crippen LogP contribution < -0.4 is 5.32 Å². The zero-order chi connectivity index (χ0) is 11.5. The molecule has 84 valence electrons. The van der Waals surface area contributed by atoms with E-state index < -0.39 is 0 Å². The molecule has 0 unspecified atom stereocenters. The standard InChI is InChI=1S/C12H19NOS/c1-5-9-7-8-15-10(9)13-11(14)12(3,4)6-2/h7-8H,5-6H2,1-4H3,(H,13,14). The van der Waals surface area contributed by atoms with E-state index in [4.69, 9.17) is 0 Å². The number of carbonyl (C=O) groups excluding carboxylic acids is 1. The van der Waals surface area contributed by atoms with Crippen LogP contribution in [0.25, 0.3) is 0 Å². The third-order valence-corrected chi connectivity index (χ3v) is 3.73. The number of nitrogens with one attached hydrogen (secondary N) is 1.